The van der Waals surface area contributed by atoms with Gasteiger partial charge in [-0.3, -0.25) is 9.69 Å². The maximum atomic E-state index is 12.7. The van der Waals surface area contributed by atoms with E-state index in [0.717, 1.165) is 24.9 Å². The second-order valence-corrected chi connectivity index (χ2v) is 8.55. The molecule has 1 aliphatic heterocycles. The Balaban J connectivity index is 1.67. The number of nitrogens with zero attached hydrogens (tertiary/aromatic N) is 1. The quantitative estimate of drug-likeness (QED) is 0.502. The van der Waals surface area contributed by atoms with Crippen LogP contribution in [0.2, 0.25) is 25.1 Å². The summed E-state index contributed by atoms with van der Waals surface area (Å²) in [5.41, 5.74) is 1.34. The molecule has 1 atom stereocenters. The molecule has 0 radical (unpaired) electrons. The molecule has 1 aliphatic rings. The Labute approximate surface area is 183 Å². The monoisotopic (exact) mass is 464 g/mol. The third-order valence-electron chi connectivity index (χ3n) is 4.59. The molecule has 144 valence electrons. The Morgan fingerprint density at radius 1 is 1.00 bits per heavy atom. The van der Waals surface area contributed by atoms with Crippen LogP contribution in [0.5, 0.6) is 0 Å². The molecular formula is C19H17Cl5N2O. The van der Waals surface area contributed by atoms with Crippen molar-refractivity contribution in [3.63, 3.8) is 0 Å². The summed E-state index contributed by atoms with van der Waals surface area (Å²) in [4.78, 5) is 14.9. The van der Waals surface area contributed by atoms with Gasteiger partial charge in [-0.15, -0.1) is 0 Å². The molecule has 8 heteroatoms. The van der Waals surface area contributed by atoms with Crippen molar-refractivity contribution in [2.24, 2.45) is 5.92 Å². The standard InChI is InChI=1S/C19H17Cl5N2O/c20-13-4-1-5-14(21)12(13)10-26-6-2-3-11(9-26)19(27)25-18-8-16(23)15(22)7-17(18)24/h1,4-5,7-8,11H,2-3,6,9-10H2,(H,25,27). The van der Waals surface area contributed by atoms with E-state index in [9.17, 15) is 4.79 Å². The fraction of sp³-hybridized carbons (Fsp3) is 0.316. The van der Waals surface area contributed by atoms with Crippen molar-refractivity contribution in [1.82, 2.24) is 4.90 Å². The lowest BCUT2D eigenvalue weighted by atomic mass is 9.96. The minimum atomic E-state index is -0.162. The number of hydrogen-bond donors (Lipinski definition) is 1. The summed E-state index contributed by atoms with van der Waals surface area (Å²) in [6, 6.07) is 8.55. The summed E-state index contributed by atoms with van der Waals surface area (Å²) in [6.45, 7) is 2.11. The van der Waals surface area contributed by atoms with Crippen molar-refractivity contribution in [3.8, 4) is 0 Å². The number of carbonyl (C=O) groups excluding carboxylic acids is 1. The van der Waals surface area contributed by atoms with Gasteiger partial charge in [-0.1, -0.05) is 64.1 Å². The highest BCUT2D eigenvalue weighted by atomic mass is 35.5. The predicted octanol–water partition coefficient (Wildman–Crippen LogP) is 6.80. The van der Waals surface area contributed by atoms with Crippen LogP contribution in [-0.4, -0.2) is 23.9 Å². The smallest absolute Gasteiger partial charge is 0.228 e. The van der Waals surface area contributed by atoms with Gasteiger partial charge in [0.1, 0.15) is 0 Å². The summed E-state index contributed by atoms with van der Waals surface area (Å²) in [6.07, 6.45) is 1.72. The number of amides is 1. The fourth-order valence-corrected chi connectivity index (χ4v) is 4.28. The van der Waals surface area contributed by atoms with Crippen LogP contribution in [0.1, 0.15) is 18.4 Å². The molecule has 0 saturated carbocycles. The zero-order chi connectivity index (χ0) is 19.6. The Morgan fingerprint density at radius 3 is 2.37 bits per heavy atom. The highest BCUT2D eigenvalue weighted by molar-refractivity contribution is 6.44. The van der Waals surface area contributed by atoms with Crippen LogP contribution in [0, 0.1) is 5.92 Å². The van der Waals surface area contributed by atoms with Crippen LogP contribution < -0.4 is 5.32 Å². The fourth-order valence-electron chi connectivity index (χ4n) is 3.17. The van der Waals surface area contributed by atoms with E-state index in [1.807, 2.05) is 18.2 Å². The van der Waals surface area contributed by atoms with Crippen LogP contribution >= 0.6 is 58.0 Å². The van der Waals surface area contributed by atoms with Gasteiger partial charge in [-0.25, -0.2) is 0 Å². The van der Waals surface area contributed by atoms with E-state index < -0.39 is 0 Å². The van der Waals surface area contributed by atoms with Gasteiger partial charge >= 0.3 is 0 Å². The van der Waals surface area contributed by atoms with Crippen LogP contribution in [0.25, 0.3) is 0 Å². The first-order valence-corrected chi connectivity index (χ1v) is 10.3. The molecule has 1 saturated heterocycles. The van der Waals surface area contributed by atoms with E-state index >= 15 is 0 Å². The van der Waals surface area contributed by atoms with E-state index in [-0.39, 0.29) is 11.8 Å². The Hall–Kier alpha value is -0.680. The number of carbonyl (C=O) groups is 1. The van der Waals surface area contributed by atoms with E-state index in [1.54, 1.807) is 6.07 Å². The summed E-state index contributed by atoms with van der Waals surface area (Å²) >= 11 is 30.7. The molecule has 1 fully saturated rings. The Kier molecular flexibility index (Phi) is 7.18. The van der Waals surface area contributed by atoms with Crippen LogP contribution in [0.3, 0.4) is 0 Å². The Morgan fingerprint density at radius 2 is 1.67 bits per heavy atom. The van der Waals surface area contributed by atoms with Gasteiger partial charge < -0.3 is 5.32 Å². The topological polar surface area (TPSA) is 32.3 Å². The van der Waals surface area contributed by atoms with Gasteiger partial charge in [0.25, 0.3) is 0 Å². The number of hydrogen-bond acceptors (Lipinski definition) is 2. The summed E-state index contributed by atoms with van der Waals surface area (Å²) in [5, 5.41) is 5.18. The normalized spacial score (nSPS) is 17.7. The van der Waals surface area contributed by atoms with Crippen molar-refractivity contribution in [1.29, 1.82) is 0 Å². The molecule has 3 nitrogen and oxygen atoms in total. The van der Waals surface area contributed by atoms with Gasteiger partial charge in [0.05, 0.1) is 26.7 Å². The molecular weight excluding hydrogens is 449 g/mol. The number of likely N-dealkylation sites (tertiary alicyclic amines) is 1. The van der Waals surface area contributed by atoms with Gasteiger partial charge in [-0.2, -0.15) is 0 Å². The molecule has 2 aromatic rings. The lowest BCUT2D eigenvalue weighted by molar-refractivity contribution is -0.121. The van der Waals surface area contributed by atoms with Crippen molar-refractivity contribution >= 4 is 69.6 Å². The zero-order valence-electron chi connectivity index (χ0n) is 14.2. The SMILES string of the molecule is O=C(Nc1cc(Cl)c(Cl)cc1Cl)C1CCCN(Cc2c(Cl)cccc2Cl)C1. The van der Waals surface area contributed by atoms with E-state index in [1.165, 1.54) is 6.07 Å². The first-order valence-electron chi connectivity index (χ1n) is 8.46. The number of piperidine rings is 1. The number of rotatable bonds is 4. The third kappa shape index (κ3) is 5.23. The van der Waals surface area contributed by atoms with E-state index in [0.29, 0.717) is 43.9 Å². The minimum Gasteiger partial charge on any atom is -0.324 e. The molecule has 3 rings (SSSR count). The van der Waals surface area contributed by atoms with Crippen molar-refractivity contribution in [2.75, 3.05) is 18.4 Å². The summed E-state index contributed by atoms with van der Waals surface area (Å²) in [7, 11) is 0. The van der Waals surface area contributed by atoms with Crippen LogP contribution in [0.15, 0.2) is 30.3 Å². The van der Waals surface area contributed by atoms with Gasteiger partial charge in [0.2, 0.25) is 5.91 Å². The molecule has 0 spiro atoms. The highest BCUT2D eigenvalue weighted by Crippen LogP contribution is 2.33. The zero-order valence-corrected chi connectivity index (χ0v) is 18.0. The molecule has 0 bridgehead atoms. The second-order valence-electron chi connectivity index (χ2n) is 6.51. The summed E-state index contributed by atoms with van der Waals surface area (Å²) < 4.78 is 0. The molecule has 1 unspecified atom stereocenters. The maximum Gasteiger partial charge on any atom is 0.228 e. The third-order valence-corrected chi connectivity index (χ3v) is 6.33. The lowest BCUT2D eigenvalue weighted by Crippen LogP contribution is -2.40. The molecule has 0 aromatic heterocycles. The van der Waals surface area contributed by atoms with Crippen molar-refractivity contribution in [2.45, 2.75) is 19.4 Å². The average molecular weight is 467 g/mol. The number of nitrogens with one attached hydrogen (secondary N) is 1. The highest BCUT2D eigenvalue weighted by Gasteiger charge is 2.27. The number of halogens is 5. The lowest BCUT2D eigenvalue weighted by Gasteiger charge is -2.32. The molecule has 1 amide bonds. The molecule has 1 N–H and O–H groups in total. The van der Waals surface area contributed by atoms with Crippen LogP contribution in [0.4, 0.5) is 5.69 Å². The van der Waals surface area contributed by atoms with Crippen LogP contribution in [-0.2, 0) is 11.3 Å². The second kappa shape index (κ2) is 9.21. The molecule has 2 aromatic carbocycles. The summed E-state index contributed by atoms with van der Waals surface area (Å²) in [5.74, 6) is -0.254. The van der Waals surface area contributed by atoms with E-state index in [4.69, 9.17) is 58.0 Å². The average Bonchev–Trinajstić information content (AvgIpc) is 2.63. The first kappa shape index (κ1) is 21.0. The predicted molar refractivity (Wildman–Crippen MR) is 115 cm³/mol. The molecule has 27 heavy (non-hydrogen) atoms. The largest absolute Gasteiger partial charge is 0.324 e. The minimum absolute atomic E-state index is 0.0924. The van der Waals surface area contributed by atoms with Crippen molar-refractivity contribution in [3.05, 3.63) is 61.0 Å². The van der Waals surface area contributed by atoms with Gasteiger partial charge in [0, 0.05) is 28.7 Å². The molecule has 0 aliphatic carbocycles. The molecule has 1 heterocycles. The van der Waals surface area contributed by atoms with Crippen molar-refractivity contribution < 1.29 is 4.79 Å². The number of anilines is 1. The maximum absolute atomic E-state index is 12.7. The van der Waals surface area contributed by atoms with Gasteiger partial charge in [-0.05, 0) is 43.7 Å². The Bertz CT molecular complexity index is 838. The van der Waals surface area contributed by atoms with E-state index in [2.05, 4.69) is 10.2 Å². The first-order chi connectivity index (χ1) is 12.8. The van der Waals surface area contributed by atoms with Gasteiger partial charge in [0.15, 0.2) is 0 Å². The number of benzene rings is 2.